The van der Waals surface area contributed by atoms with Crippen LogP contribution in [0.5, 0.6) is 11.6 Å². The van der Waals surface area contributed by atoms with Crippen LogP contribution < -0.4 is 4.74 Å². The highest BCUT2D eigenvalue weighted by Gasteiger charge is 2.17. The molecular formula is C16H20BrClN2O. The Morgan fingerprint density at radius 2 is 2.00 bits per heavy atom. The summed E-state index contributed by atoms with van der Waals surface area (Å²) in [4.78, 5) is 0. The minimum atomic E-state index is 0.351. The molecule has 0 atom stereocenters. The fraction of sp³-hybridized carbons (Fsp3) is 0.438. The second-order valence-electron chi connectivity index (χ2n) is 5.52. The number of nitrogens with zero attached hydrogens (tertiary/aromatic N) is 2. The van der Waals surface area contributed by atoms with Crippen molar-refractivity contribution in [1.82, 2.24) is 9.78 Å². The molecule has 5 heteroatoms. The van der Waals surface area contributed by atoms with Crippen LogP contribution in [0.4, 0.5) is 0 Å². The summed E-state index contributed by atoms with van der Waals surface area (Å²) < 4.78 is 7.91. The topological polar surface area (TPSA) is 27.1 Å². The first-order valence-corrected chi connectivity index (χ1v) is 8.41. The van der Waals surface area contributed by atoms with E-state index in [2.05, 4.69) is 34.9 Å². The van der Waals surface area contributed by atoms with Gasteiger partial charge < -0.3 is 4.74 Å². The molecule has 1 aromatic heterocycles. The zero-order valence-electron chi connectivity index (χ0n) is 13.0. The molecule has 2 aromatic rings. The molecule has 0 bridgehead atoms. The van der Waals surface area contributed by atoms with E-state index in [-0.39, 0.29) is 0 Å². The van der Waals surface area contributed by atoms with Crippen molar-refractivity contribution >= 4 is 27.5 Å². The molecule has 0 saturated heterocycles. The van der Waals surface area contributed by atoms with Gasteiger partial charge in [0.2, 0.25) is 5.88 Å². The molecule has 0 saturated carbocycles. The smallest absolute Gasteiger partial charge is 0.221 e. The lowest BCUT2D eigenvalue weighted by molar-refractivity contribution is 0.424. The number of aromatic nitrogens is 2. The Labute approximate surface area is 139 Å². The molecular weight excluding hydrogens is 352 g/mol. The summed E-state index contributed by atoms with van der Waals surface area (Å²) in [7, 11) is 1.89. The third kappa shape index (κ3) is 3.27. The van der Waals surface area contributed by atoms with Gasteiger partial charge in [0.25, 0.3) is 0 Å². The minimum Gasteiger partial charge on any atom is -0.439 e. The Bertz CT molecular complexity index is 665. The van der Waals surface area contributed by atoms with Gasteiger partial charge in [-0.1, -0.05) is 41.4 Å². The molecule has 0 aliphatic heterocycles. The van der Waals surface area contributed by atoms with Gasteiger partial charge in [0.15, 0.2) is 0 Å². The van der Waals surface area contributed by atoms with Gasteiger partial charge in [-0.2, -0.15) is 5.10 Å². The highest BCUT2D eigenvalue weighted by atomic mass is 79.9. The molecule has 21 heavy (non-hydrogen) atoms. The Morgan fingerprint density at radius 1 is 1.33 bits per heavy atom. The van der Waals surface area contributed by atoms with Crippen molar-refractivity contribution in [3.05, 3.63) is 39.5 Å². The number of rotatable bonds is 4. The summed E-state index contributed by atoms with van der Waals surface area (Å²) >= 11 is 9.81. The molecule has 0 unspecified atom stereocenters. The van der Waals surface area contributed by atoms with Crippen molar-refractivity contribution in [2.24, 2.45) is 7.05 Å². The third-order valence-electron chi connectivity index (χ3n) is 3.55. The second-order valence-corrected chi connectivity index (χ2v) is 6.49. The van der Waals surface area contributed by atoms with Crippen LogP contribution in [0.3, 0.4) is 0 Å². The fourth-order valence-corrected chi connectivity index (χ4v) is 3.37. The molecule has 0 spiro atoms. The van der Waals surface area contributed by atoms with E-state index in [1.807, 2.05) is 33.0 Å². The maximum Gasteiger partial charge on any atom is 0.221 e. The molecule has 1 heterocycles. The highest BCUT2D eigenvalue weighted by molar-refractivity contribution is 9.08. The van der Waals surface area contributed by atoms with Gasteiger partial charge in [-0.3, -0.25) is 0 Å². The van der Waals surface area contributed by atoms with Crippen molar-refractivity contribution in [3.63, 3.8) is 0 Å². The van der Waals surface area contributed by atoms with Gasteiger partial charge in [0, 0.05) is 23.0 Å². The van der Waals surface area contributed by atoms with E-state index in [9.17, 15) is 0 Å². The van der Waals surface area contributed by atoms with Crippen LogP contribution in [0.15, 0.2) is 12.1 Å². The predicted molar refractivity (Wildman–Crippen MR) is 90.9 cm³/mol. The number of hydrogen-bond acceptors (Lipinski definition) is 2. The van der Waals surface area contributed by atoms with Crippen LogP contribution in [0.25, 0.3) is 0 Å². The molecule has 0 aliphatic rings. The lowest BCUT2D eigenvalue weighted by Gasteiger charge is -2.15. The number of aryl methyl sites for hydroxylation is 3. The number of benzene rings is 1. The molecule has 2 rings (SSSR count). The average molecular weight is 372 g/mol. The molecule has 0 N–H and O–H groups in total. The standard InChI is InChI=1S/C16H20BrClN2O/c1-9(2)12-7-15(10(3)6-14(12)18)21-16-13(8-17)11(4)19-20(16)5/h6-7,9H,8H2,1-5H3. The summed E-state index contributed by atoms with van der Waals surface area (Å²) in [5.41, 5.74) is 4.15. The van der Waals surface area contributed by atoms with E-state index in [1.165, 1.54) is 0 Å². The fourth-order valence-electron chi connectivity index (χ4n) is 2.29. The number of alkyl halides is 1. The first kappa shape index (κ1) is 16.4. The van der Waals surface area contributed by atoms with Gasteiger partial charge in [-0.15, -0.1) is 0 Å². The average Bonchev–Trinajstić information content (AvgIpc) is 2.66. The van der Waals surface area contributed by atoms with Crippen molar-refractivity contribution in [1.29, 1.82) is 0 Å². The van der Waals surface area contributed by atoms with E-state index in [1.54, 1.807) is 4.68 Å². The molecule has 0 fully saturated rings. The molecule has 114 valence electrons. The predicted octanol–water partition coefficient (Wildman–Crippen LogP) is 5.50. The quantitative estimate of drug-likeness (QED) is 0.663. The van der Waals surface area contributed by atoms with Crippen LogP contribution in [-0.4, -0.2) is 9.78 Å². The van der Waals surface area contributed by atoms with Crippen LogP contribution in [0, 0.1) is 13.8 Å². The lowest BCUT2D eigenvalue weighted by Crippen LogP contribution is -1.99. The summed E-state index contributed by atoms with van der Waals surface area (Å²) in [5.74, 6) is 1.95. The molecule has 3 nitrogen and oxygen atoms in total. The summed E-state index contributed by atoms with van der Waals surface area (Å²) in [6.07, 6.45) is 0. The summed E-state index contributed by atoms with van der Waals surface area (Å²) in [5, 5.41) is 5.92. The van der Waals surface area contributed by atoms with Crippen molar-refractivity contribution < 1.29 is 4.74 Å². The SMILES string of the molecule is Cc1cc(Cl)c(C(C)C)cc1Oc1c(CBr)c(C)nn1C. The Hall–Kier alpha value is -1.00. The first-order chi connectivity index (χ1) is 9.85. The summed E-state index contributed by atoms with van der Waals surface area (Å²) in [6, 6.07) is 3.99. The van der Waals surface area contributed by atoms with Gasteiger partial charge in [-0.25, -0.2) is 4.68 Å². The second kappa shape index (κ2) is 6.41. The number of hydrogen-bond donors (Lipinski definition) is 0. The Morgan fingerprint density at radius 3 is 2.57 bits per heavy atom. The Balaban J connectivity index is 2.47. The Kier molecular flexibility index (Phi) is 4.99. The number of halogens is 2. The maximum absolute atomic E-state index is 6.31. The molecule has 0 radical (unpaired) electrons. The lowest BCUT2D eigenvalue weighted by atomic mass is 10.0. The maximum atomic E-state index is 6.31. The van der Waals surface area contributed by atoms with Crippen molar-refractivity contribution in [3.8, 4) is 11.6 Å². The van der Waals surface area contributed by atoms with Crippen LogP contribution in [0.2, 0.25) is 5.02 Å². The molecule has 1 aromatic carbocycles. The van der Waals surface area contributed by atoms with Crippen molar-refractivity contribution in [2.45, 2.75) is 38.9 Å². The van der Waals surface area contributed by atoms with Gasteiger partial charge in [0.1, 0.15) is 5.75 Å². The number of ether oxygens (including phenoxy) is 1. The van der Waals surface area contributed by atoms with Crippen LogP contribution in [-0.2, 0) is 12.4 Å². The van der Waals surface area contributed by atoms with E-state index in [0.29, 0.717) is 11.2 Å². The summed E-state index contributed by atoms with van der Waals surface area (Å²) in [6.45, 7) is 8.23. The van der Waals surface area contributed by atoms with Crippen LogP contribution >= 0.6 is 27.5 Å². The largest absolute Gasteiger partial charge is 0.439 e. The van der Waals surface area contributed by atoms with E-state index in [4.69, 9.17) is 16.3 Å². The first-order valence-electron chi connectivity index (χ1n) is 6.91. The van der Waals surface area contributed by atoms with E-state index in [0.717, 1.165) is 39.0 Å². The molecule has 0 amide bonds. The highest BCUT2D eigenvalue weighted by Crippen LogP contribution is 2.35. The third-order valence-corrected chi connectivity index (χ3v) is 4.43. The molecule has 0 aliphatic carbocycles. The normalized spacial score (nSPS) is 11.2. The zero-order chi connectivity index (χ0) is 15.7. The van der Waals surface area contributed by atoms with E-state index >= 15 is 0 Å². The van der Waals surface area contributed by atoms with Gasteiger partial charge in [0.05, 0.1) is 5.69 Å². The minimum absolute atomic E-state index is 0.351. The zero-order valence-corrected chi connectivity index (χ0v) is 15.3. The monoisotopic (exact) mass is 370 g/mol. The van der Waals surface area contributed by atoms with Crippen molar-refractivity contribution in [2.75, 3.05) is 0 Å². The van der Waals surface area contributed by atoms with E-state index < -0.39 is 0 Å². The van der Waals surface area contributed by atoms with Crippen LogP contribution in [0.1, 0.15) is 42.1 Å². The van der Waals surface area contributed by atoms with Gasteiger partial charge >= 0.3 is 0 Å². The van der Waals surface area contributed by atoms with Gasteiger partial charge in [-0.05, 0) is 43.0 Å².